The van der Waals surface area contributed by atoms with E-state index >= 15 is 0 Å². The SMILES string of the molecule is COc1cc(CO)ccc1S(=O)(=O)NC1CC(OC)C1. The number of aliphatic hydroxyl groups is 1. The second-order valence-corrected chi connectivity index (χ2v) is 6.47. The first-order valence-electron chi connectivity index (χ1n) is 6.33. The van der Waals surface area contributed by atoms with Gasteiger partial charge in [0, 0.05) is 13.2 Å². The smallest absolute Gasteiger partial charge is 0.244 e. The minimum Gasteiger partial charge on any atom is -0.495 e. The topological polar surface area (TPSA) is 84.9 Å². The van der Waals surface area contributed by atoms with E-state index in [-0.39, 0.29) is 29.4 Å². The molecule has 0 atom stereocenters. The minimum atomic E-state index is -3.63. The third-order valence-electron chi connectivity index (χ3n) is 3.45. The van der Waals surface area contributed by atoms with E-state index in [1.807, 2.05) is 0 Å². The zero-order chi connectivity index (χ0) is 14.8. The van der Waals surface area contributed by atoms with Crippen LogP contribution in [0.5, 0.6) is 5.75 Å². The molecule has 0 saturated heterocycles. The molecule has 2 rings (SSSR count). The van der Waals surface area contributed by atoms with E-state index < -0.39 is 10.0 Å². The lowest BCUT2D eigenvalue weighted by atomic mass is 9.90. The standard InChI is InChI=1S/C13H19NO5S/c1-18-11-6-10(7-11)14-20(16,17)13-4-3-9(8-15)5-12(13)19-2/h3-5,10-11,14-15H,6-8H2,1-2H3. The van der Waals surface area contributed by atoms with Crippen molar-refractivity contribution in [1.82, 2.24) is 4.72 Å². The number of sulfonamides is 1. The van der Waals surface area contributed by atoms with Gasteiger partial charge < -0.3 is 14.6 Å². The molecular formula is C13H19NO5S. The number of hydrogen-bond donors (Lipinski definition) is 2. The van der Waals surface area contributed by atoms with Gasteiger partial charge in [-0.05, 0) is 30.5 Å². The lowest BCUT2D eigenvalue weighted by Crippen LogP contribution is -2.47. The summed E-state index contributed by atoms with van der Waals surface area (Å²) in [5, 5.41) is 9.07. The molecule has 6 nitrogen and oxygen atoms in total. The highest BCUT2D eigenvalue weighted by Crippen LogP contribution is 2.28. The summed E-state index contributed by atoms with van der Waals surface area (Å²) in [6, 6.07) is 4.43. The molecule has 1 aromatic rings. The first-order chi connectivity index (χ1) is 9.50. The maximum Gasteiger partial charge on any atom is 0.244 e. The number of hydrogen-bond acceptors (Lipinski definition) is 5. The molecule has 0 bridgehead atoms. The molecule has 2 N–H and O–H groups in total. The molecular weight excluding hydrogens is 282 g/mol. The van der Waals surface area contributed by atoms with Gasteiger partial charge in [0.1, 0.15) is 10.6 Å². The average molecular weight is 301 g/mol. The molecule has 1 aliphatic carbocycles. The summed E-state index contributed by atoms with van der Waals surface area (Å²) in [6.45, 7) is -0.164. The number of aliphatic hydroxyl groups excluding tert-OH is 1. The van der Waals surface area contributed by atoms with E-state index in [4.69, 9.17) is 14.6 Å². The Labute approximate surface area is 118 Å². The van der Waals surface area contributed by atoms with E-state index in [2.05, 4.69) is 4.72 Å². The van der Waals surface area contributed by atoms with Gasteiger partial charge in [0.2, 0.25) is 10.0 Å². The minimum absolute atomic E-state index is 0.0815. The van der Waals surface area contributed by atoms with Gasteiger partial charge in [0.15, 0.2) is 0 Å². The van der Waals surface area contributed by atoms with E-state index in [1.165, 1.54) is 19.2 Å². The molecule has 0 aromatic heterocycles. The van der Waals surface area contributed by atoms with Crippen LogP contribution in [-0.4, -0.2) is 39.9 Å². The molecule has 0 amide bonds. The van der Waals surface area contributed by atoms with Gasteiger partial charge in [-0.3, -0.25) is 0 Å². The van der Waals surface area contributed by atoms with Crippen LogP contribution in [0, 0.1) is 0 Å². The molecule has 0 spiro atoms. The summed E-state index contributed by atoms with van der Waals surface area (Å²) in [6.07, 6.45) is 1.47. The number of methoxy groups -OCH3 is 2. The van der Waals surface area contributed by atoms with E-state index in [9.17, 15) is 8.42 Å². The van der Waals surface area contributed by atoms with Crippen molar-refractivity contribution in [3.05, 3.63) is 23.8 Å². The Morgan fingerprint density at radius 1 is 1.35 bits per heavy atom. The molecule has 1 fully saturated rings. The fourth-order valence-corrected chi connectivity index (χ4v) is 3.58. The van der Waals surface area contributed by atoms with E-state index in [0.29, 0.717) is 18.4 Å². The Balaban J connectivity index is 2.17. The lowest BCUT2D eigenvalue weighted by molar-refractivity contribution is 0.0236. The van der Waals surface area contributed by atoms with Crippen molar-refractivity contribution in [3.63, 3.8) is 0 Å². The second kappa shape index (κ2) is 6.09. The Hall–Kier alpha value is -1.15. The van der Waals surface area contributed by atoms with Gasteiger partial charge >= 0.3 is 0 Å². The quantitative estimate of drug-likeness (QED) is 0.805. The Morgan fingerprint density at radius 3 is 2.60 bits per heavy atom. The summed E-state index contributed by atoms with van der Waals surface area (Å²) >= 11 is 0. The second-order valence-electron chi connectivity index (χ2n) is 4.79. The summed E-state index contributed by atoms with van der Waals surface area (Å²) in [5.41, 5.74) is 0.601. The van der Waals surface area contributed by atoms with Gasteiger partial charge in [-0.25, -0.2) is 13.1 Å². The van der Waals surface area contributed by atoms with Crippen molar-refractivity contribution in [2.24, 2.45) is 0 Å². The van der Waals surface area contributed by atoms with Crippen LogP contribution in [0.25, 0.3) is 0 Å². The molecule has 7 heteroatoms. The van der Waals surface area contributed by atoms with Crippen molar-refractivity contribution < 1.29 is 23.0 Å². The predicted octanol–water partition coefficient (Wildman–Crippen LogP) is 0.643. The highest BCUT2D eigenvalue weighted by Gasteiger charge is 2.33. The Morgan fingerprint density at radius 2 is 2.05 bits per heavy atom. The number of benzene rings is 1. The van der Waals surface area contributed by atoms with Crippen LogP contribution in [-0.2, 0) is 21.4 Å². The van der Waals surface area contributed by atoms with Gasteiger partial charge in [-0.1, -0.05) is 6.07 Å². The van der Waals surface area contributed by atoms with Gasteiger partial charge in [-0.15, -0.1) is 0 Å². The monoisotopic (exact) mass is 301 g/mol. The molecule has 0 unspecified atom stereocenters. The summed E-state index contributed by atoms with van der Waals surface area (Å²) < 4.78 is 37.5. The molecule has 0 aliphatic heterocycles. The van der Waals surface area contributed by atoms with Crippen LogP contribution in [0.3, 0.4) is 0 Å². The fraction of sp³-hybridized carbons (Fsp3) is 0.538. The first-order valence-corrected chi connectivity index (χ1v) is 7.81. The Kier molecular flexibility index (Phi) is 4.64. The van der Waals surface area contributed by atoms with Crippen LogP contribution in [0.15, 0.2) is 23.1 Å². The summed E-state index contributed by atoms with van der Waals surface area (Å²) in [7, 11) is -0.612. The number of ether oxygens (including phenoxy) is 2. The molecule has 20 heavy (non-hydrogen) atoms. The van der Waals surface area contributed by atoms with Gasteiger partial charge in [-0.2, -0.15) is 0 Å². The Bertz CT molecular complexity index is 566. The zero-order valence-corrected chi connectivity index (χ0v) is 12.3. The van der Waals surface area contributed by atoms with Crippen LogP contribution in [0.1, 0.15) is 18.4 Å². The average Bonchev–Trinajstić information content (AvgIpc) is 2.41. The highest BCUT2D eigenvalue weighted by atomic mass is 32.2. The van der Waals surface area contributed by atoms with Crippen molar-refractivity contribution >= 4 is 10.0 Å². The molecule has 112 valence electrons. The van der Waals surface area contributed by atoms with E-state index in [0.717, 1.165) is 0 Å². The van der Waals surface area contributed by atoms with Crippen LogP contribution in [0.2, 0.25) is 0 Å². The predicted molar refractivity (Wildman–Crippen MR) is 73.1 cm³/mol. The molecule has 1 aliphatic rings. The van der Waals surface area contributed by atoms with Crippen LogP contribution >= 0.6 is 0 Å². The molecule has 1 saturated carbocycles. The molecule has 0 heterocycles. The first kappa shape index (κ1) is 15.2. The normalized spacial score (nSPS) is 22.4. The number of rotatable bonds is 6. The largest absolute Gasteiger partial charge is 0.495 e. The van der Waals surface area contributed by atoms with Crippen LogP contribution < -0.4 is 9.46 Å². The third kappa shape index (κ3) is 3.12. The third-order valence-corrected chi connectivity index (χ3v) is 5.01. The van der Waals surface area contributed by atoms with Crippen molar-refractivity contribution in [1.29, 1.82) is 0 Å². The maximum atomic E-state index is 12.3. The van der Waals surface area contributed by atoms with Gasteiger partial charge in [0.25, 0.3) is 0 Å². The molecule has 1 aromatic carbocycles. The molecule has 0 radical (unpaired) electrons. The van der Waals surface area contributed by atoms with E-state index in [1.54, 1.807) is 13.2 Å². The maximum absolute atomic E-state index is 12.3. The zero-order valence-electron chi connectivity index (χ0n) is 11.5. The van der Waals surface area contributed by atoms with Crippen LogP contribution in [0.4, 0.5) is 0 Å². The van der Waals surface area contributed by atoms with Gasteiger partial charge in [0.05, 0.1) is 19.8 Å². The summed E-state index contributed by atoms with van der Waals surface area (Å²) in [5.74, 6) is 0.228. The lowest BCUT2D eigenvalue weighted by Gasteiger charge is -2.34. The van der Waals surface area contributed by atoms with Crippen molar-refractivity contribution in [2.45, 2.75) is 36.5 Å². The summed E-state index contributed by atoms with van der Waals surface area (Å²) in [4.78, 5) is 0.0815. The fourth-order valence-electron chi connectivity index (χ4n) is 2.17. The van der Waals surface area contributed by atoms with Crippen molar-refractivity contribution in [2.75, 3.05) is 14.2 Å². The van der Waals surface area contributed by atoms with Crippen molar-refractivity contribution in [3.8, 4) is 5.75 Å². The highest BCUT2D eigenvalue weighted by molar-refractivity contribution is 7.89. The number of nitrogens with one attached hydrogen (secondary N) is 1.